The van der Waals surface area contributed by atoms with E-state index in [4.69, 9.17) is 5.11 Å². The van der Waals surface area contributed by atoms with Crippen molar-refractivity contribution in [3.8, 4) is 0 Å². The summed E-state index contributed by atoms with van der Waals surface area (Å²) < 4.78 is 0. The second kappa shape index (κ2) is 5.58. The van der Waals surface area contributed by atoms with Gasteiger partial charge in [0.2, 0.25) is 5.65 Å². The van der Waals surface area contributed by atoms with Gasteiger partial charge in [-0.3, -0.25) is 4.79 Å². The average molecular weight is 253 g/mol. The van der Waals surface area contributed by atoms with E-state index in [1.165, 1.54) is 18.1 Å². The largest absolute Gasteiger partial charge is 0.481 e. The fourth-order valence-electron chi connectivity index (χ4n) is 1.31. The van der Waals surface area contributed by atoms with E-state index in [1.807, 2.05) is 0 Å². The molecule has 0 fully saturated rings. The smallest absolute Gasteiger partial charge is 0.303 e. The van der Waals surface area contributed by atoms with Crippen molar-refractivity contribution in [1.29, 1.82) is 0 Å². The molecule has 7 nitrogen and oxygen atoms in total. The summed E-state index contributed by atoms with van der Waals surface area (Å²) in [5.41, 5.74) is 1.21. The predicted molar refractivity (Wildman–Crippen MR) is 61.7 cm³/mol. The van der Waals surface area contributed by atoms with Crippen LogP contribution in [0.25, 0.3) is 11.2 Å². The van der Waals surface area contributed by atoms with Crippen LogP contribution in [0.4, 0.5) is 0 Å². The molecule has 2 aromatic rings. The Labute approximate surface area is 101 Å². The Bertz CT molecular complexity index is 515. The van der Waals surface area contributed by atoms with Gasteiger partial charge in [0.25, 0.3) is 0 Å². The third-order valence-electron chi connectivity index (χ3n) is 2.11. The van der Waals surface area contributed by atoms with Crippen LogP contribution >= 0.6 is 11.8 Å². The highest BCUT2D eigenvalue weighted by atomic mass is 32.2. The summed E-state index contributed by atoms with van der Waals surface area (Å²) in [7, 11) is 0. The quantitative estimate of drug-likeness (QED) is 0.451. The molecule has 2 heterocycles. The molecule has 0 aliphatic heterocycles. The number of carboxylic acids is 1. The zero-order valence-corrected chi connectivity index (χ0v) is 9.77. The Kier molecular flexibility index (Phi) is 3.86. The lowest BCUT2D eigenvalue weighted by molar-refractivity contribution is -0.137. The molecule has 0 bridgehead atoms. The van der Waals surface area contributed by atoms with Crippen LogP contribution in [0.5, 0.6) is 0 Å². The van der Waals surface area contributed by atoms with E-state index < -0.39 is 5.97 Å². The average Bonchev–Trinajstić information content (AvgIpc) is 2.77. The highest BCUT2D eigenvalue weighted by molar-refractivity contribution is 7.99. The number of unbranched alkanes of at least 4 members (excludes halogenated alkanes) is 1. The van der Waals surface area contributed by atoms with Gasteiger partial charge in [-0.05, 0) is 18.6 Å². The first kappa shape index (κ1) is 11.8. The molecule has 0 atom stereocenters. The SMILES string of the molecule is O=C(O)CCCCSc1ncnc2n[nH]nc12. The second-order valence-electron chi connectivity index (χ2n) is 3.37. The number of fused-ring (bicyclic) bond motifs is 1. The number of hydrogen-bond donors (Lipinski definition) is 2. The summed E-state index contributed by atoms with van der Waals surface area (Å²) in [6.07, 6.45) is 3.17. The zero-order valence-electron chi connectivity index (χ0n) is 8.96. The highest BCUT2D eigenvalue weighted by Crippen LogP contribution is 2.22. The number of rotatable bonds is 6. The lowest BCUT2D eigenvalue weighted by Gasteiger charge is -1.99. The van der Waals surface area contributed by atoms with Crippen LogP contribution in [0.1, 0.15) is 19.3 Å². The minimum Gasteiger partial charge on any atom is -0.481 e. The molecule has 0 unspecified atom stereocenters. The molecule has 0 amide bonds. The van der Waals surface area contributed by atoms with E-state index in [1.54, 1.807) is 0 Å². The fraction of sp³-hybridized carbons (Fsp3) is 0.444. The van der Waals surface area contributed by atoms with Gasteiger partial charge in [0.15, 0.2) is 5.52 Å². The summed E-state index contributed by atoms with van der Waals surface area (Å²) in [6.45, 7) is 0. The number of aliphatic carboxylic acids is 1. The van der Waals surface area contributed by atoms with Gasteiger partial charge in [0, 0.05) is 6.42 Å². The molecule has 8 heteroatoms. The summed E-state index contributed by atoms with van der Waals surface area (Å²) in [6, 6.07) is 0. The van der Waals surface area contributed by atoms with Crippen molar-refractivity contribution in [2.75, 3.05) is 5.75 Å². The van der Waals surface area contributed by atoms with Crippen molar-refractivity contribution in [2.24, 2.45) is 0 Å². The first-order valence-electron chi connectivity index (χ1n) is 5.13. The number of aromatic nitrogens is 5. The minimum absolute atomic E-state index is 0.212. The van der Waals surface area contributed by atoms with E-state index in [9.17, 15) is 4.79 Å². The van der Waals surface area contributed by atoms with Crippen molar-refractivity contribution < 1.29 is 9.90 Å². The zero-order chi connectivity index (χ0) is 12.1. The number of thioether (sulfide) groups is 1. The molecule has 0 aliphatic carbocycles. The Morgan fingerprint density at radius 1 is 1.35 bits per heavy atom. The maximum atomic E-state index is 10.3. The third kappa shape index (κ3) is 3.13. The Balaban J connectivity index is 1.86. The third-order valence-corrected chi connectivity index (χ3v) is 3.18. The van der Waals surface area contributed by atoms with Crippen molar-refractivity contribution >= 4 is 28.9 Å². The monoisotopic (exact) mass is 253 g/mol. The highest BCUT2D eigenvalue weighted by Gasteiger charge is 2.07. The minimum atomic E-state index is -0.754. The molecule has 0 radical (unpaired) electrons. The maximum Gasteiger partial charge on any atom is 0.303 e. The van der Waals surface area contributed by atoms with Gasteiger partial charge in [-0.15, -0.1) is 16.9 Å². The van der Waals surface area contributed by atoms with Gasteiger partial charge < -0.3 is 5.11 Å². The molecule has 2 aromatic heterocycles. The summed E-state index contributed by atoms with van der Waals surface area (Å²) in [4.78, 5) is 18.4. The molecular weight excluding hydrogens is 242 g/mol. The molecule has 2 rings (SSSR count). The predicted octanol–water partition coefficient (Wildman–Crippen LogP) is 1.09. The van der Waals surface area contributed by atoms with Crippen LogP contribution in [-0.4, -0.2) is 42.2 Å². The molecule has 0 spiro atoms. The summed E-state index contributed by atoms with van der Waals surface area (Å²) in [5, 5.41) is 19.6. The van der Waals surface area contributed by atoms with Crippen LogP contribution < -0.4 is 0 Å². The van der Waals surface area contributed by atoms with E-state index in [0.717, 1.165) is 17.2 Å². The summed E-state index contributed by atoms with van der Waals surface area (Å²) in [5.74, 6) is 0.0580. The molecule has 0 aliphatic rings. The van der Waals surface area contributed by atoms with Gasteiger partial charge in [0.1, 0.15) is 11.4 Å². The number of aromatic amines is 1. The summed E-state index contributed by atoms with van der Waals surface area (Å²) >= 11 is 1.54. The number of H-pyrrole nitrogens is 1. The van der Waals surface area contributed by atoms with Crippen LogP contribution in [0.3, 0.4) is 0 Å². The number of hydrogen-bond acceptors (Lipinski definition) is 6. The van der Waals surface area contributed by atoms with Crippen LogP contribution in [0.15, 0.2) is 11.4 Å². The molecule has 0 saturated heterocycles. The molecule has 0 saturated carbocycles. The Morgan fingerprint density at radius 2 is 2.24 bits per heavy atom. The first-order valence-corrected chi connectivity index (χ1v) is 6.12. The normalized spacial score (nSPS) is 10.8. The van der Waals surface area contributed by atoms with Gasteiger partial charge >= 0.3 is 5.97 Å². The van der Waals surface area contributed by atoms with Crippen molar-refractivity contribution in [1.82, 2.24) is 25.4 Å². The molecule has 17 heavy (non-hydrogen) atoms. The van der Waals surface area contributed by atoms with Crippen molar-refractivity contribution in [3.05, 3.63) is 6.33 Å². The van der Waals surface area contributed by atoms with Gasteiger partial charge in [-0.25, -0.2) is 9.97 Å². The van der Waals surface area contributed by atoms with Crippen molar-refractivity contribution in [2.45, 2.75) is 24.3 Å². The first-order chi connectivity index (χ1) is 8.27. The van der Waals surface area contributed by atoms with Gasteiger partial charge in [0.05, 0.1) is 0 Å². The molecule has 90 valence electrons. The molecular formula is C9H11N5O2S. The van der Waals surface area contributed by atoms with Crippen molar-refractivity contribution in [3.63, 3.8) is 0 Å². The standard InChI is InChI=1S/C9H11N5O2S/c15-6(16)3-1-2-4-17-9-7-8(10-5-11-9)13-14-12-7/h5H,1-4H2,(H,15,16)(H,10,11,12,13,14). The van der Waals surface area contributed by atoms with Crippen LogP contribution in [0, 0.1) is 0 Å². The molecule has 0 aromatic carbocycles. The Morgan fingerprint density at radius 3 is 3.06 bits per heavy atom. The number of carboxylic acid groups (broad SMARTS) is 1. The number of nitrogens with one attached hydrogen (secondary N) is 1. The van der Waals surface area contributed by atoms with E-state index >= 15 is 0 Å². The Hall–Kier alpha value is -1.70. The molecule has 2 N–H and O–H groups in total. The fourth-order valence-corrected chi connectivity index (χ4v) is 2.25. The van der Waals surface area contributed by atoms with Crippen LogP contribution in [-0.2, 0) is 4.79 Å². The van der Waals surface area contributed by atoms with E-state index in [-0.39, 0.29) is 6.42 Å². The number of nitrogens with zero attached hydrogens (tertiary/aromatic N) is 4. The van der Waals surface area contributed by atoms with Gasteiger partial charge in [-0.2, -0.15) is 10.3 Å². The lowest BCUT2D eigenvalue weighted by Crippen LogP contribution is -1.94. The van der Waals surface area contributed by atoms with Crippen LogP contribution in [0.2, 0.25) is 0 Å². The second-order valence-corrected chi connectivity index (χ2v) is 4.46. The van der Waals surface area contributed by atoms with Gasteiger partial charge in [-0.1, -0.05) is 0 Å². The van der Waals surface area contributed by atoms with E-state index in [2.05, 4.69) is 25.4 Å². The van der Waals surface area contributed by atoms with E-state index in [0.29, 0.717) is 17.6 Å². The number of carbonyl (C=O) groups is 1. The lowest BCUT2D eigenvalue weighted by atomic mass is 10.3. The maximum absolute atomic E-state index is 10.3. The topological polar surface area (TPSA) is 105 Å².